The second-order valence-corrected chi connectivity index (χ2v) is 14.1. The maximum absolute atomic E-state index is 16.2. The van der Waals surface area contributed by atoms with Crippen LogP contribution in [-0.4, -0.2) is 24.5 Å². The van der Waals surface area contributed by atoms with E-state index in [2.05, 4.69) is 16.7 Å². The van der Waals surface area contributed by atoms with Crippen LogP contribution in [0.5, 0.6) is 0 Å². The van der Waals surface area contributed by atoms with Gasteiger partial charge in [0.15, 0.2) is 24.6 Å². The van der Waals surface area contributed by atoms with E-state index in [1.165, 1.54) is 0 Å². The van der Waals surface area contributed by atoms with Gasteiger partial charge >= 0.3 is 0 Å². The molecule has 0 N–H and O–H groups in total. The fourth-order valence-corrected chi connectivity index (χ4v) is 9.75. The Labute approximate surface area is 271 Å². The van der Waals surface area contributed by atoms with Crippen LogP contribution < -0.4 is 15.9 Å². The molecule has 0 saturated heterocycles. The van der Waals surface area contributed by atoms with E-state index >= 15 is 4.57 Å². The second kappa shape index (κ2) is 10.8. The molecule has 0 aliphatic carbocycles. The summed E-state index contributed by atoms with van der Waals surface area (Å²) in [5.41, 5.74) is 5.87. The minimum absolute atomic E-state index is 0.461. The van der Waals surface area contributed by atoms with Crippen molar-refractivity contribution < 1.29 is 4.57 Å². The van der Waals surface area contributed by atoms with Gasteiger partial charge < -0.3 is 4.57 Å². The van der Waals surface area contributed by atoms with Gasteiger partial charge in [-0.25, -0.2) is 19.9 Å². The Morgan fingerprint density at radius 2 is 1.00 bits per heavy atom. The van der Waals surface area contributed by atoms with Gasteiger partial charge in [-0.15, -0.1) is 0 Å². The van der Waals surface area contributed by atoms with Gasteiger partial charge in [0.25, 0.3) is 0 Å². The molecule has 0 bridgehead atoms. The molecule has 8 aromatic rings. The zero-order valence-corrected chi connectivity index (χ0v) is 26.0. The van der Waals surface area contributed by atoms with Crippen molar-refractivity contribution in [2.75, 3.05) is 0 Å². The van der Waals surface area contributed by atoms with Gasteiger partial charge in [-0.3, -0.25) is 4.57 Å². The first-order valence-electron chi connectivity index (χ1n) is 15.4. The third-order valence-corrected chi connectivity index (χ3v) is 11.8. The van der Waals surface area contributed by atoms with Gasteiger partial charge in [0.2, 0.25) is 0 Å². The minimum atomic E-state index is -3.48. The van der Waals surface area contributed by atoms with Crippen LogP contribution in [0.2, 0.25) is 0 Å². The van der Waals surface area contributed by atoms with Crippen molar-refractivity contribution >= 4 is 34.1 Å². The zero-order valence-electron chi connectivity index (χ0n) is 25.1. The molecule has 2 aromatic heterocycles. The molecule has 6 aromatic carbocycles. The van der Waals surface area contributed by atoms with E-state index in [0.29, 0.717) is 28.3 Å². The number of nitrogens with zero attached hydrogens (tertiary/aromatic N) is 5. The number of imidazole rings is 1. The van der Waals surface area contributed by atoms with Crippen LogP contribution >= 0.6 is 7.14 Å². The summed E-state index contributed by atoms with van der Waals surface area (Å²) in [4.78, 5) is 20.2. The smallest absolute Gasteiger partial charge is 0.175 e. The molecule has 9 rings (SSSR count). The molecule has 6 nitrogen and oxygen atoms in total. The molecular weight excluding hydrogens is 597 g/mol. The van der Waals surface area contributed by atoms with Crippen molar-refractivity contribution in [3.63, 3.8) is 0 Å². The maximum Gasteiger partial charge on any atom is 0.175 e. The Hall–Kier alpha value is -5.97. The molecule has 0 amide bonds. The summed E-state index contributed by atoms with van der Waals surface area (Å²) >= 11 is 0. The van der Waals surface area contributed by atoms with E-state index < -0.39 is 7.14 Å². The van der Waals surface area contributed by atoms with Crippen molar-refractivity contribution in [1.82, 2.24) is 24.5 Å². The van der Waals surface area contributed by atoms with Gasteiger partial charge in [0.05, 0.1) is 22.0 Å². The topological polar surface area (TPSA) is 73.6 Å². The third-order valence-electron chi connectivity index (χ3n) is 8.66. The fraction of sp³-hybridized carbons (Fsp3) is 0. The van der Waals surface area contributed by atoms with Gasteiger partial charge in [-0.1, -0.05) is 140 Å². The summed E-state index contributed by atoms with van der Waals surface area (Å²) < 4.78 is 18.4. The van der Waals surface area contributed by atoms with Crippen LogP contribution in [0.3, 0.4) is 0 Å². The van der Waals surface area contributed by atoms with Gasteiger partial charge in [-0.2, -0.15) is 0 Å². The largest absolute Gasteiger partial charge is 0.308 e. The molecule has 3 heterocycles. The number of para-hydroxylation sites is 1. The predicted molar refractivity (Wildman–Crippen MR) is 189 cm³/mol. The molecule has 0 spiro atoms. The molecule has 1 aliphatic rings. The number of aromatic nitrogens is 5. The van der Waals surface area contributed by atoms with Crippen molar-refractivity contribution in [2.24, 2.45) is 0 Å². The average molecular weight is 624 g/mol. The minimum Gasteiger partial charge on any atom is -0.308 e. The quantitative estimate of drug-likeness (QED) is 0.183. The van der Waals surface area contributed by atoms with Crippen LogP contribution in [-0.2, 0) is 4.57 Å². The number of hydrogen-bond donors (Lipinski definition) is 0. The lowest BCUT2D eigenvalue weighted by molar-refractivity contribution is 0.592. The molecule has 0 fully saturated rings. The average Bonchev–Trinajstić information content (AvgIpc) is 3.55. The monoisotopic (exact) mass is 623 g/mol. The van der Waals surface area contributed by atoms with Crippen molar-refractivity contribution in [3.8, 4) is 51.2 Å². The molecular formula is C40H26N5OP. The molecule has 0 radical (unpaired) electrons. The van der Waals surface area contributed by atoms with Crippen LogP contribution in [0, 0.1) is 0 Å². The SMILES string of the molecule is O=P1(c2ccccc2)c2c(-c3nc(-c4ccccc4)nc(-c4ccccc4)n3)cccc2-n2c(-c3ccccc3)nc3cccc1c32. The van der Waals surface area contributed by atoms with E-state index in [4.69, 9.17) is 19.9 Å². The molecule has 1 atom stereocenters. The Balaban J connectivity index is 1.41. The molecule has 0 saturated carbocycles. The van der Waals surface area contributed by atoms with E-state index in [0.717, 1.165) is 49.8 Å². The van der Waals surface area contributed by atoms with Gasteiger partial charge in [-0.05, 0) is 18.2 Å². The molecule has 7 heteroatoms. The Bertz CT molecular complexity index is 2420. The normalized spacial score (nSPS) is 15.0. The van der Waals surface area contributed by atoms with Crippen molar-refractivity contribution in [2.45, 2.75) is 0 Å². The number of hydrogen-bond acceptors (Lipinski definition) is 5. The summed E-state index contributed by atoms with van der Waals surface area (Å²) in [7, 11) is -3.48. The molecule has 47 heavy (non-hydrogen) atoms. The van der Waals surface area contributed by atoms with Crippen LogP contribution in [0.1, 0.15) is 0 Å². The highest BCUT2D eigenvalue weighted by Crippen LogP contribution is 2.52. The molecule has 1 unspecified atom stereocenters. The van der Waals surface area contributed by atoms with E-state index in [1.54, 1.807) is 0 Å². The number of fused-ring (bicyclic) bond motifs is 2. The zero-order chi connectivity index (χ0) is 31.4. The summed E-state index contributed by atoms with van der Waals surface area (Å²) in [5, 5.41) is 2.18. The predicted octanol–water partition coefficient (Wildman–Crippen LogP) is 7.83. The lowest BCUT2D eigenvalue weighted by Gasteiger charge is -2.30. The standard InChI is InChI=1S/C40H26N5OP/c46-47(30-21-11-4-12-22-30)34-26-14-24-32-35(34)45(40(41-32)29-19-9-3-10-20-29)33-25-13-23-31(36(33)47)39-43-37(27-15-5-1-6-16-27)42-38(44-39)28-17-7-2-8-18-28/h1-26H. The molecule has 1 aliphatic heterocycles. The first-order chi connectivity index (χ1) is 23.2. The second-order valence-electron chi connectivity index (χ2n) is 11.4. The van der Waals surface area contributed by atoms with Crippen molar-refractivity contribution in [1.29, 1.82) is 0 Å². The van der Waals surface area contributed by atoms with Crippen LogP contribution in [0.4, 0.5) is 0 Å². The summed E-state index contributed by atoms with van der Waals surface area (Å²) in [5.74, 6) is 2.35. The van der Waals surface area contributed by atoms with Crippen LogP contribution in [0.25, 0.3) is 62.3 Å². The Morgan fingerprint density at radius 3 is 1.62 bits per heavy atom. The Morgan fingerprint density at radius 1 is 0.468 bits per heavy atom. The first kappa shape index (κ1) is 27.3. The summed E-state index contributed by atoms with van der Waals surface area (Å²) in [6, 6.07) is 51.7. The number of rotatable bonds is 5. The highest BCUT2D eigenvalue weighted by Gasteiger charge is 2.42. The summed E-state index contributed by atoms with van der Waals surface area (Å²) in [6.45, 7) is 0. The van der Waals surface area contributed by atoms with Gasteiger partial charge in [0, 0.05) is 32.9 Å². The van der Waals surface area contributed by atoms with Crippen molar-refractivity contribution in [3.05, 3.63) is 158 Å². The summed E-state index contributed by atoms with van der Waals surface area (Å²) in [6.07, 6.45) is 0. The first-order valence-corrected chi connectivity index (χ1v) is 17.2. The highest BCUT2D eigenvalue weighted by molar-refractivity contribution is 7.86. The highest BCUT2D eigenvalue weighted by atomic mass is 31.2. The maximum atomic E-state index is 16.2. The van der Waals surface area contributed by atoms with Gasteiger partial charge in [0.1, 0.15) is 5.82 Å². The van der Waals surface area contributed by atoms with Crippen LogP contribution in [0.15, 0.2) is 158 Å². The van der Waals surface area contributed by atoms with E-state index in [1.807, 2.05) is 146 Å². The third kappa shape index (κ3) is 4.30. The lowest BCUT2D eigenvalue weighted by Crippen LogP contribution is -2.34. The van der Waals surface area contributed by atoms with E-state index in [9.17, 15) is 0 Å². The number of benzene rings is 6. The lowest BCUT2D eigenvalue weighted by atomic mass is 10.1. The Kier molecular flexibility index (Phi) is 6.30. The fourth-order valence-electron chi connectivity index (χ4n) is 6.56. The molecule has 222 valence electrons. The van der Waals surface area contributed by atoms with E-state index in [-0.39, 0.29) is 0 Å².